The predicted molar refractivity (Wildman–Crippen MR) is 65.0 cm³/mol. The van der Waals surface area contributed by atoms with Gasteiger partial charge >= 0.3 is 0 Å². The van der Waals surface area contributed by atoms with Crippen LogP contribution in [0.25, 0.3) is 5.65 Å². The Hall–Kier alpha value is -1.69. The van der Waals surface area contributed by atoms with Crippen molar-refractivity contribution in [3.8, 4) is 0 Å². The Morgan fingerprint density at radius 1 is 1.53 bits per heavy atom. The summed E-state index contributed by atoms with van der Waals surface area (Å²) in [5.74, 6) is 1.65. The average Bonchev–Trinajstić information content (AvgIpc) is 2.96. The standard InChI is InChI=1S/C11H16N6/c1-12-6-9-2-4-16(7-9)10-11-15-14-8-17(11)5-3-13-10/h3,5,8-9,12H,2,4,6-7H2,1H3. The van der Waals surface area contributed by atoms with E-state index in [-0.39, 0.29) is 0 Å². The molecule has 0 aromatic carbocycles. The molecule has 0 radical (unpaired) electrons. The van der Waals surface area contributed by atoms with E-state index in [0.29, 0.717) is 5.92 Å². The molecule has 0 bridgehead atoms. The second kappa shape index (κ2) is 4.29. The van der Waals surface area contributed by atoms with Crippen molar-refractivity contribution < 1.29 is 0 Å². The van der Waals surface area contributed by atoms with E-state index in [1.807, 2.05) is 17.6 Å². The number of nitrogens with zero attached hydrogens (tertiary/aromatic N) is 5. The van der Waals surface area contributed by atoms with E-state index in [0.717, 1.165) is 31.1 Å². The summed E-state index contributed by atoms with van der Waals surface area (Å²) in [6.45, 7) is 3.15. The SMILES string of the molecule is CNCC1CCN(c2nccn3cnnc23)C1. The highest BCUT2D eigenvalue weighted by Gasteiger charge is 2.24. The van der Waals surface area contributed by atoms with Gasteiger partial charge in [-0.15, -0.1) is 10.2 Å². The van der Waals surface area contributed by atoms with Crippen LogP contribution in [0.1, 0.15) is 6.42 Å². The number of aromatic nitrogens is 4. The maximum atomic E-state index is 4.44. The van der Waals surface area contributed by atoms with Gasteiger partial charge in [0.1, 0.15) is 6.33 Å². The highest BCUT2D eigenvalue weighted by Crippen LogP contribution is 2.24. The number of anilines is 1. The van der Waals surface area contributed by atoms with E-state index in [9.17, 15) is 0 Å². The zero-order valence-corrected chi connectivity index (χ0v) is 9.87. The second-order valence-corrected chi connectivity index (χ2v) is 4.47. The number of fused-ring (bicyclic) bond motifs is 1. The fourth-order valence-corrected chi connectivity index (χ4v) is 2.45. The van der Waals surface area contributed by atoms with Crippen LogP contribution in [-0.4, -0.2) is 46.3 Å². The molecule has 17 heavy (non-hydrogen) atoms. The fraction of sp³-hybridized carbons (Fsp3) is 0.545. The van der Waals surface area contributed by atoms with E-state index in [2.05, 4.69) is 25.4 Å². The van der Waals surface area contributed by atoms with Gasteiger partial charge in [-0.1, -0.05) is 0 Å². The van der Waals surface area contributed by atoms with Crippen LogP contribution in [-0.2, 0) is 0 Å². The Balaban J connectivity index is 1.87. The third kappa shape index (κ3) is 1.84. The molecule has 1 atom stereocenters. The normalized spacial score (nSPS) is 20.3. The topological polar surface area (TPSA) is 58.4 Å². The van der Waals surface area contributed by atoms with E-state index >= 15 is 0 Å². The number of hydrogen-bond acceptors (Lipinski definition) is 5. The molecule has 0 spiro atoms. The Kier molecular flexibility index (Phi) is 2.64. The highest BCUT2D eigenvalue weighted by molar-refractivity contribution is 5.63. The van der Waals surface area contributed by atoms with Gasteiger partial charge in [0, 0.05) is 25.5 Å². The Labute approximate surface area is 99.7 Å². The number of rotatable bonds is 3. The third-order valence-corrected chi connectivity index (χ3v) is 3.28. The first-order valence-electron chi connectivity index (χ1n) is 5.92. The van der Waals surface area contributed by atoms with E-state index < -0.39 is 0 Å². The van der Waals surface area contributed by atoms with Gasteiger partial charge in [-0.05, 0) is 25.9 Å². The lowest BCUT2D eigenvalue weighted by molar-refractivity contribution is 0.549. The summed E-state index contributed by atoms with van der Waals surface area (Å²) in [5.41, 5.74) is 0.845. The molecule has 0 amide bonds. The van der Waals surface area contributed by atoms with Crippen molar-refractivity contribution in [1.29, 1.82) is 0 Å². The maximum absolute atomic E-state index is 4.44. The third-order valence-electron chi connectivity index (χ3n) is 3.28. The molecule has 1 saturated heterocycles. The molecule has 1 unspecified atom stereocenters. The molecule has 6 heteroatoms. The summed E-state index contributed by atoms with van der Waals surface area (Å²) in [7, 11) is 2.00. The van der Waals surface area contributed by atoms with Gasteiger partial charge in [0.25, 0.3) is 0 Å². The van der Waals surface area contributed by atoms with Gasteiger partial charge < -0.3 is 10.2 Å². The van der Waals surface area contributed by atoms with Crippen LogP contribution in [0.5, 0.6) is 0 Å². The van der Waals surface area contributed by atoms with Crippen LogP contribution in [0.2, 0.25) is 0 Å². The molecule has 1 fully saturated rings. The van der Waals surface area contributed by atoms with Crippen molar-refractivity contribution in [2.45, 2.75) is 6.42 Å². The van der Waals surface area contributed by atoms with Gasteiger partial charge in [-0.3, -0.25) is 4.40 Å². The molecular formula is C11H16N6. The quantitative estimate of drug-likeness (QED) is 0.817. The summed E-state index contributed by atoms with van der Waals surface area (Å²) in [6.07, 6.45) is 6.59. The highest BCUT2D eigenvalue weighted by atomic mass is 15.3. The Morgan fingerprint density at radius 3 is 3.35 bits per heavy atom. The van der Waals surface area contributed by atoms with E-state index in [1.165, 1.54) is 6.42 Å². The van der Waals surface area contributed by atoms with Crippen LogP contribution < -0.4 is 10.2 Å². The molecule has 0 aliphatic carbocycles. The van der Waals surface area contributed by atoms with E-state index in [4.69, 9.17) is 0 Å². The predicted octanol–water partition coefficient (Wildman–Crippen LogP) is 0.170. The van der Waals surface area contributed by atoms with Crippen molar-refractivity contribution in [2.24, 2.45) is 5.92 Å². The lowest BCUT2D eigenvalue weighted by Gasteiger charge is -2.17. The molecule has 0 saturated carbocycles. The molecule has 3 heterocycles. The Bertz CT molecular complexity index is 507. The van der Waals surface area contributed by atoms with Gasteiger partial charge in [0.2, 0.25) is 5.65 Å². The van der Waals surface area contributed by atoms with Crippen LogP contribution in [0, 0.1) is 5.92 Å². The first-order chi connectivity index (χ1) is 8.38. The monoisotopic (exact) mass is 232 g/mol. The van der Waals surface area contributed by atoms with Crippen molar-refractivity contribution in [3.05, 3.63) is 18.7 Å². The molecular weight excluding hydrogens is 216 g/mol. The molecule has 2 aromatic heterocycles. The largest absolute Gasteiger partial charge is 0.353 e. The van der Waals surface area contributed by atoms with Gasteiger partial charge in [0.15, 0.2) is 5.82 Å². The summed E-state index contributed by atoms with van der Waals surface area (Å²) in [5, 5.41) is 11.3. The van der Waals surface area contributed by atoms with Crippen LogP contribution in [0.4, 0.5) is 5.82 Å². The number of nitrogens with one attached hydrogen (secondary N) is 1. The fourth-order valence-electron chi connectivity index (χ4n) is 2.45. The molecule has 3 rings (SSSR count). The smallest absolute Gasteiger partial charge is 0.203 e. The lowest BCUT2D eigenvalue weighted by Crippen LogP contribution is -2.25. The minimum Gasteiger partial charge on any atom is -0.353 e. The van der Waals surface area contributed by atoms with Crippen molar-refractivity contribution in [1.82, 2.24) is 24.9 Å². The lowest BCUT2D eigenvalue weighted by atomic mass is 10.1. The zero-order valence-electron chi connectivity index (χ0n) is 9.87. The first kappa shape index (κ1) is 10.5. The van der Waals surface area contributed by atoms with Crippen LogP contribution in [0.15, 0.2) is 18.7 Å². The van der Waals surface area contributed by atoms with Gasteiger partial charge in [-0.25, -0.2) is 4.98 Å². The van der Waals surface area contributed by atoms with Crippen molar-refractivity contribution in [2.75, 3.05) is 31.6 Å². The summed E-state index contributed by atoms with van der Waals surface area (Å²) in [4.78, 5) is 6.74. The molecule has 90 valence electrons. The minimum atomic E-state index is 0.699. The number of hydrogen-bond donors (Lipinski definition) is 1. The molecule has 6 nitrogen and oxygen atoms in total. The molecule has 1 aliphatic rings. The van der Waals surface area contributed by atoms with Crippen molar-refractivity contribution in [3.63, 3.8) is 0 Å². The van der Waals surface area contributed by atoms with Crippen molar-refractivity contribution >= 4 is 11.5 Å². The average molecular weight is 232 g/mol. The maximum Gasteiger partial charge on any atom is 0.203 e. The Morgan fingerprint density at radius 2 is 2.47 bits per heavy atom. The van der Waals surface area contributed by atoms with Crippen LogP contribution >= 0.6 is 0 Å². The minimum absolute atomic E-state index is 0.699. The molecule has 2 aromatic rings. The van der Waals surface area contributed by atoms with Crippen LogP contribution in [0.3, 0.4) is 0 Å². The zero-order chi connectivity index (χ0) is 11.7. The summed E-state index contributed by atoms with van der Waals surface area (Å²) >= 11 is 0. The second-order valence-electron chi connectivity index (χ2n) is 4.47. The molecule has 1 N–H and O–H groups in total. The van der Waals surface area contributed by atoms with Gasteiger partial charge in [0.05, 0.1) is 0 Å². The molecule has 1 aliphatic heterocycles. The summed E-state index contributed by atoms with van der Waals surface area (Å²) < 4.78 is 1.91. The van der Waals surface area contributed by atoms with E-state index in [1.54, 1.807) is 12.5 Å². The summed E-state index contributed by atoms with van der Waals surface area (Å²) in [6, 6.07) is 0. The first-order valence-corrected chi connectivity index (χ1v) is 5.92. The van der Waals surface area contributed by atoms with Gasteiger partial charge in [-0.2, -0.15) is 0 Å².